The number of aromatic amines is 2. The van der Waals surface area contributed by atoms with Gasteiger partial charge in [-0.15, -0.1) is 0 Å². The second-order valence-corrected chi connectivity index (χ2v) is 10.6. The fourth-order valence-electron chi connectivity index (χ4n) is 5.42. The summed E-state index contributed by atoms with van der Waals surface area (Å²) in [6, 6.07) is 6.33. The molecule has 1 aliphatic heterocycles. The van der Waals surface area contributed by atoms with Crippen LogP contribution < -0.4 is 10.9 Å². The Balaban J connectivity index is 1.55. The SMILES string of the molecule is Cc1cc(C)c(CN(C(=O)c2cc(-c3cnn(C4CCNCC4)c3)cc3[nH]cc(C)c23)C(C)C)c(=O)[nH]1. The van der Waals surface area contributed by atoms with Gasteiger partial charge in [0.05, 0.1) is 18.8 Å². The molecule has 0 unspecified atom stereocenters. The fourth-order valence-corrected chi connectivity index (χ4v) is 5.42. The van der Waals surface area contributed by atoms with E-state index in [9.17, 15) is 9.59 Å². The maximum Gasteiger partial charge on any atom is 0.255 e. The van der Waals surface area contributed by atoms with Crippen LogP contribution in [0.1, 0.15) is 65.5 Å². The van der Waals surface area contributed by atoms with Gasteiger partial charge in [-0.25, -0.2) is 0 Å². The third-order valence-corrected chi connectivity index (χ3v) is 7.53. The summed E-state index contributed by atoms with van der Waals surface area (Å²) in [5.74, 6) is -0.0883. The number of pyridine rings is 1. The Labute approximate surface area is 217 Å². The van der Waals surface area contributed by atoms with E-state index in [-0.39, 0.29) is 24.1 Å². The molecule has 3 N–H and O–H groups in total. The average molecular weight is 501 g/mol. The number of aromatic nitrogens is 4. The monoisotopic (exact) mass is 500 g/mol. The van der Waals surface area contributed by atoms with Crippen molar-refractivity contribution in [1.82, 2.24) is 30.0 Å². The minimum absolute atomic E-state index is 0.0883. The van der Waals surface area contributed by atoms with E-state index >= 15 is 0 Å². The smallest absolute Gasteiger partial charge is 0.255 e. The second kappa shape index (κ2) is 10.0. The molecule has 1 aromatic carbocycles. The predicted octanol–water partition coefficient (Wildman–Crippen LogP) is 4.62. The first-order valence-corrected chi connectivity index (χ1v) is 13.1. The number of piperidine rings is 1. The molecular formula is C29H36N6O2. The van der Waals surface area contributed by atoms with E-state index in [1.807, 2.05) is 59.1 Å². The van der Waals surface area contributed by atoms with Gasteiger partial charge in [0.2, 0.25) is 0 Å². The number of nitrogens with one attached hydrogen (secondary N) is 3. The Bertz CT molecular complexity index is 1500. The number of H-pyrrole nitrogens is 2. The summed E-state index contributed by atoms with van der Waals surface area (Å²) in [5.41, 5.74) is 6.69. The number of carbonyl (C=O) groups excluding carboxylic acids is 1. The second-order valence-electron chi connectivity index (χ2n) is 10.6. The molecule has 1 amide bonds. The molecule has 0 bridgehead atoms. The third kappa shape index (κ3) is 4.85. The van der Waals surface area contributed by atoms with Gasteiger partial charge >= 0.3 is 0 Å². The Hall–Kier alpha value is -3.65. The quantitative estimate of drug-likeness (QED) is 0.360. The number of rotatable bonds is 6. The normalized spacial score (nSPS) is 14.5. The van der Waals surface area contributed by atoms with Crippen molar-refractivity contribution in [3.8, 4) is 11.1 Å². The minimum atomic E-state index is -0.141. The van der Waals surface area contributed by atoms with Crippen molar-refractivity contribution in [2.45, 2.75) is 66.1 Å². The zero-order valence-electron chi connectivity index (χ0n) is 22.3. The maximum absolute atomic E-state index is 14.2. The van der Waals surface area contributed by atoms with Crippen LogP contribution in [0.25, 0.3) is 22.0 Å². The number of benzene rings is 1. The summed E-state index contributed by atoms with van der Waals surface area (Å²) < 4.78 is 2.06. The van der Waals surface area contributed by atoms with Gasteiger partial charge in [-0.2, -0.15) is 5.10 Å². The van der Waals surface area contributed by atoms with Gasteiger partial charge in [-0.1, -0.05) is 0 Å². The highest BCUT2D eigenvalue weighted by atomic mass is 16.2. The Morgan fingerprint density at radius 2 is 1.86 bits per heavy atom. The van der Waals surface area contributed by atoms with Crippen molar-refractivity contribution in [2.75, 3.05) is 13.1 Å². The highest BCUT2D eigenvalue weighted by Crippen LogP contribution is 2.32. The van der Waals surface area contributed by atoms with Gasteiger partial charge in [0.25, 0.3) is 11.5 Å². The van der Waals surface area contributed by atoms with Gasteiger partial charge in [-0.3, -0.25) is 14.3 Å². The molecule has 8 heteroatoms. The van der Waals surface area contributed by atoms with Crippen LogP contribution in [0, 0.1) is 20.8 Å². The average Bonchev–Trinajstić information content (AvgIpc) is 3.50. The fraction of sp³-hybridized carbons (Fsp3) is 0.414. The van der Waals surface area contributed by atoms with Gasteiger partial charge in [0.1, 0.15) is 0 Å². The van der Waals surface area contributed by atoms with Crippen LogP contribution in [0.3, 0.4) is 0 Å². The first-order valence-electron chi connectivity index (χ1n) is 13.1. The van der Waals surface area contributed by atoms with Crippen LogP contribution in [0.15, 0.2) is 41.6 Å². The Morgan fingerprint density at radius 1 is 1.11 bits per heavy atom. The van der Waals surface area contributed by atoms with Crippen molar-refractivity contribution >= 4 is 16.8 Å². The zero-order valence-corrected chi connectivity index (χ0v) is 22.3. The van der Waals surface area contributed by atoms with Crippen LogP contribution in [0.4, 0.5) is 0 Å². The van der Waals surface area contributed by atoms with Crippen LogP contribution in [0.2, 0.25) is 0 Å². The molecule has 37 heavy (non-hydrogen) atoms. The Kier molecular flexibility index (Phi) is 6.77. The predicted molar refractivity (Wildman–Crippen MR) is 147 cm³/mol. The lowest BCUT2D eigenvalue weighted by atomic mass is 9.98. The highest BCUT2D eigenvalue weighted by Gasteiger charge is 2.25. The van der Waals surface area contributed by atoms with E-state index in [0.717, 1.165) is 64.8 Å². The summed E-state index contributed by atoms with van der Waals surface area (Å²) in [4.78, 5) is 34.9. The largest absolute Gasteiger partial charge is 0.361 e. The highest BCUT2D eigenvalue weighted by molar-refractivity contribution is 6.09. The molecule has 3 aromatic heterocycles. The summed E-state index contributed by atoms with van der Waals surface area (Å²) in [6.45, 7) is 12.0. The number of aryl methyl sites for hydroxylation is 3. The number of hydrogen-bond donors (Lipinski definition) is 3. The van der Waals surface area contributed by atoms with Crippen LogP contribution in [-0.2, 0) is 6.54 Å². The molecular weight excluding hydrogens is 464 g/mol. The molecule has 0 saturated carbocycles. The molecule has 4 aromatic rings. The van der Waals surface area contributed by atoms with Crippen molar-refractivity contribution in [3.05, 3.63) is 75.1 Å². The van der Waals surface area contributed by atoms with E-state index < -0.39 is 0 Å². The van der Waals surface area contributed by atoms with Crippen LogP contribution in [-0.4, -0.2) is 49.7 Å². The van der Waals surface area contributed by atoms with E-state index in [1.165, 1.54) is 0 Å². The number of hydrogen-bond acceptors (Lipinski definition) is 4. The lowest BCUT2D eigenvalue weighted by Crippen LogP contribution is -2.38. The van der Waals surface area contributed by atoms with Gasteiger partial charge in [-0.05, 0) is 95.4 Å². The van der Waals surface area contributed by atoms with Crippen molar-refractivity contribution in [2.24, 2.45) is 0 Å². The minimum Gasteiger partial charge on any atom is -0.361 e. The molecule has 1 aliphatic rings. The van der Waals surface area contributed by atoms with E-state index in [0.29, 0.717) is 17.2 Å². The molecule has 0 atom stereocenters. The molecule has 1 fully saturated rings. The van der Waals surface area contributed by atoms with Gasteiger partial charge in [0, 0.05) is 51.7 Å². The summed E-state index contributed by atoms with van der Waals surface area (Å²) in [5, 5.41) is 8.99. The lowest BCUT2D eigenvalue weighted by Gasteiger charge is -2.28. The van der Waals surface area contributed by atoms with Crippen LogP contribution in [0.5, 0.6) is 0 Å². The van der Waals surface area contributed by atoms with Crippen molar-refractivity contribution in [1.29, 1.82) is 0 Å². The molecule has 194 valence electrons. The summed E-state index contributed by atoms with van der Waals surface area (Å²) in [6.07, 6.45) is 8.04. The topological polar surface area (TPSA) is 98.8 Å². The summed E-state index contributed by atoms with van der Waals surface area (Å²) >= 11 is 0. The first-order chi connectivity index (χ1) is 17.7. The molecule has 0 spiro atoms. The molecule has 0 aliphatic carbocycles. The van der Waals surface area contributed by atoms with Gasteiger partial charge < -0.3 is 20.2 Å². The third-order valence-electron chi connectivity index (χ3n) is 7.53. The molecule has 5 rings (SSSR count). The number of nitrogens with zero attached hydrogens (tertiary/aromatic N) is 3. The Morgan fingerprint density at radius 3 is 2.57 bits per heavy atom. The van der Waals surface area contributed by atoms with E-state index in [4.69, 9.17) is 0 Å². The standard InChI is InChI=1S/C29H36N6O2/c1-17(2)34(16-25-18(3)10-20(5)33-28(25)36)29(37)24-11-21(12-26-27(24)19(4)13-31-26)22-14-32-35(15-22)23-6-8-30-9-7-23/h10-15,17,23,30-31H,6-9,16H2,1-5H3,(H,33,36). The van der Waals surface area contributed by atoms with Gasteiger partial charge in [0.15, 0.2) is 0 Å². The summed E-state index contributed by atoms with van der Waals surface area (Å²) in [7, 11) is 0. The molecule has 4 heterocycles. The maximum atomic E-state index is 14.2. The molecule has 1 saturated heterocycles. The van der Waals surface area contributed by atoms with E-state index in [2.05, 4.69) is 37.3 Å². The van der Waals surface area contributed by atoms with Crippen molar-refractivity contribution in [3.63, 3.8) is 0 Å². The number of amides is 1. The number of carbonyl (C=O) groups is 1. The zero-order chi connectivity index (χ0) is 26.3. The molecule has 0 radical (unpaired) electrons. The van der Waals surface area contributed by atoms with Crippen LogP contribution >= 0.6 is 0 Å². The molecule has 8 nitrogen and oxygen atoms in total. The van der Waals surface area contributed by atoms with E-state index in [1.54, 1.807) is 4.90 Å². The number of fused-ring (bicyclic) bond motifs is 1. The lowest BCUT2D eigenvalue weighted by molar-refractivity contribution is 0.0691. The first kappa shape index (κ1) is 25.0. The van der Waals surface area contributed by atoms with Crippen molar-refractivity contribution < 1.29 is 4.79 Å².